The topological polar surface area (TPSA) is 56.1 Å². The van der Waals surface area contributed by atoms with Gasteiger partial charge in [0.2, 0.25) is 0 Å². The van der Waals surface area contributed by atoms with Crippen molar-refractivity contribution in [3.63, 3.8) is 0 Å². The first-order valence-electron chi connectivity index (χ1n) is 8.72. The van der Waals surface area contributed by atoms with E-state index in [4.69, 9.17) is 4.74 Å². The second-order valence-corrected chi connectivity index (χ2v) is 6.49. The Balaban J connectivity index is 1.51. The number of nitrogens with one attached hydrogen (secondary N) is 1. The third-order valence-corrected chi connectivity index (χ3v) is 4.24. The van der Waals surface area contributed by atoms with Crippen LogP contribution in [0.25, 0.3) is 0 Å². The fourth-order valence-corrected chi connectivity index (χ4v) is 3.08. The zero-order valence-corrected chi connectivity index (χ0v) is 14.4. The summed E-state index contributed by atoms with van der Waals surface area (Å²) in [5.41, 5.74) is 3.35. The third-order valence-electron chi connectivity index (χ3n) is 4.24. The molecule has 24 heavy (non-hydrogen) atoms. The Kier molecular flexibility index (Phi) is 5.18. The molecule has 0 aliphatic heterocycles. The fourth-order valence-electron chi connectivity index (χ4n) is 3.08. The van der Waals surface area contributed by atoms with E-state index in [1.54, 1.807) is 12.1 Å². The van der Waals surface area contributed by atoms with E-state index in [9.17, 15) is 4.79 Å². The van der Waals surface area contributed by atoms with Gasteiger partial charge in [0.15, 0.2) is 0 Å². The van der Waals surface area contributed by atoms with Gasteiger partial charge < -0.3 is 10.1 Å². The number of nitrogens with zero attached hydrogens (tertiary/aromatic N) is 2. The van der Waals surface area contributed by atoms with Crippen LogP contribution in [0.2, 0.25) is 0 Å². The van der Waals surface area contributed by atoms with Crippen molar-refractivity contribution in [2.24, 2.45) is 0 Å². The van der Waals surface area contributed by atoms with Gasteiger partial charge in [-0.05, 0) is 69.4 Å². The molecule has 1 aromatic carbocycles. The number of benzene rings is 1. The highest BCUT2D eigenvalue weighted by Crippen LogP contribution is 2.20. The molecule has 0 radical (unpaired) electrons. The molecule has 0 bridgehead atoms. The summed E-state index contributed by atoms with van der Waals surface area (Å²) in [5, 5.41) is 7.42. The van der Waals surface area contributed by atoms with Crippen molar-refractivity contribution in [2.45, 2.75) is 52.2 Å². The zero-order chi connectivity index (χ0) is 16.9. The molecule has 5 heteroatoms. The van der Waals surface area contributed by atoms with Gasteiger partial charge in [0.1, 0.15) is 5.75 Å². The Morgan fingerprint density at radius 3 is 2.75 bits per heavy atom. The Labute approximate surface area is 143 Å². The van der Waals surface area contributed by atoms with Gasteiger partial charge in [0, 0.05) is 17.8 Å². The van der Waals surface area contributed by atoms with Crippen LogP contribution >= 0.6 is 0 Å². The lowest BCUT2D eigenvalue weighted by atomic mass is 9.98. The first-order valence-corrected chi connectivity index (χ1v) is 8.72. The maximum Gasteiger partial charge on any atom is 0.251 e. The number of aryl methyl sites for hydroxylation is 1. The summed E-state index contributed by atoms with van der Waals surface area (Å²) in [4.78, 5) is 12.2. The summed E-state index contributed by atoms with van der Waals surface area (Å²) in [6.45, 7) is 5.26. The van der Waals surface area contributed by atoms with Gasteiger partial charge in [-0.1, -0.05) is 0 Å². The Morgan fingerprint density at radius 2 is 2.00 bits per heavy atom. The van der Waals surface area contributed by atoms with Crippen LogP contribution < -0.4 is 10.1 Å². The number of ether oxygens (including phenoxy) is 1. The normalized spacial score (nSPS) is 13.6. The number of hydrogen-bond donors (Lipinski definition) is 1. The van der Waals surface area contributed by atoms with E-state index in [-0.39, 0.29) is 12.0 Å². The van der Waals surface area contributed by atoms with E-state index in [0.717, 1.165) is 25.1 Å². The molecule has 0 fully saturated rings. The minimum absolute atomic E-state index is 0.0629. The maximum atomic E-state index is 12.2. The molecule has 0 spiro atoms. The van der Waals surface area contributed by atoms with Crippen molar-refractivity contribution < 1.29 is 9.53 Å². The molecule has 128 valence electrons. The van der Waals surface area contributed by atoms with Crippen LogP contribution in [0.5, 0.6) is 5.75 Å². The first-order chi connectivity index (χ1) is 11.6. The lowest BCUT2D eigenvalue weighted by molar-refractivity contribution is 0.0951. The van der Waals surface area contributed by atoms with Gasteiger partial charge in [0.25, 0.3) is 5.91 Å². The highest BCUT2D eigenvalue weighted by atomic mass is 16.5. The van der Waals surface area contributed by atoms with Crippen LogP contribution in [0.3, 0.4) is 0 Å². The summed E-state index contributed by atoms with van der Waals surface area (Å²) in [5.74, 6) is 0.719. The summed E-state index contributed by atoms with van der Waals surface area (Å²) in [7, 11) is 0. The average Bonchev–Trinajstić information content (AvgIpc) is 2.98. The predicted octanol–water partition coefficient (Wildman–Crippen LogP) is 2.98. The SMILES string of the molecule is CC(C)Oc1ccc(C(=O)NCCn2ncc3c2CCCC3)cc1. The van der Waals surface area contributed by atoms with E-state index < -0.39 is 0 Å². The molecule has 0 saturated heterocycles. The van der Waals surface area contributed by atoms with Gasteiger partial charge in [0.05, 0.1) is 18.8 Å². The second-order valence-electron chi connectivity index (χ2n) is 6.49. The van der Waals surface area contributed by atoms with E-state index >= 15 is 0 Å². The van der Waals surface area contributed by atoms with Gasteiger partial charge in [-0.3, -0.25) is 9.48 Å². The fraction of sp³-hybridized carbons (Fsp3) is 0.474. The Hall–Kier alpha value is -2.30. The quantitative estimate of drug-likeness (QED) is 0.887. The Morgan fingerprint density at radius 1 is 1.25 bits per heavy atom. The number of amides is 1. The lowest BCUT2D eigenvalue weighted by Crippen LogP contribution is -2.28. The number of carbonyl (C=O) groups is 1. The van der Waals surface area contributed by atoms with E-state index in [0.29, 0.717) is 12.1 Å². The monoisotopic (exact) mass is 327 g/mol. The summed E-state index contributed by atoms with van der Waals surface area (Å²) in [6, 6.07) is 7.25. The molecular weight excluding hydrogens is 302 g/mol. The van der Waals surface area contributed by atoms with Gasteiger partial charge >= 0.3 is 0 Å². The van der Waals surface area contributed by atoms with E-state index in [1.807, 2.05) is 36.9 Å². The highest BCUT2D eigenvalue weighted by molar-refractivity contribution is 5.94. The van der Waals surface area contributed by atoms with Crippen LogP contribution in [0.1, 0.15) is 48.3 Å². The van der Waals surface area contributed by atoms with Crippen LogP contribution in [0.4, 0.5) is 0 Å². The molecule has 0 saturated carbocycles. The van der Waals surface area contributed by atoms with Gasteiger partial charge in [-0.15, -0.1) is 0 Å². The van der Waals surface area contributed by atoms with Gasteiger partial charge in [-0.2, -0.15) is 5.10 Å². The van der Waals surface area contributed by atoms with Crippen molar-refractivity contribution in [3.05, 3.63) is 47.3 Å². The molecule has 0 unspecified atom stereocenters. The standard InChI is InChI=1S/C19H25N3O2/c1-14(2)24-17-9-7-15(8-10-17)19(23)20-11-12-22-18-6-4-3-5-16(18)13-21-22/h7-10,13-14H,3-6,11-12H2,1-2H3,(H,20,23). The number of carbonyl (C=O) groups excluding carboxylic acids is 1. The molecule has 0 atom stereocenters. The number of rotatable bonds is 6. The number of aromatic nitrogens is 2. The smallest absolute Gasteiger partial charge is 0.251 e. The van der Waals surface area contributed by atoms with Crippen molar-refractivity contribution in [1.29, 1.82) is 0 Å². The van der Waals surface area contributed by atoms with Crippen LogP contribution in [0, 0.1) is 0 Å². The Bertz CT molecular complexity index is 689. The molecule has 1 N–H and O–H groups in total. The highest BCUT2D eigenvalue weighted by Gasteiger charge is 2.14. The predicted molar refractivity (Wildman–Crippen MR) is 93.4 cm³/mol. The molecule has 5 nitrogen and oxygen atoms in total. The van der Waals surface area contributed by atoms with E-state index in [2.05, 4.69) is 10.4 Å². The van der Waals surface area contributed by atoms with Crippen LogP contribution in [0.15, 0.2) is 30.5 Å². The second kappa shape index (κ2) is 7.51. The minimum atomic E-state index is -0.0629. The van der Waals surface area contributed by atoms with Crippen molar-refractivity contribution in [1.82, 2.24) is 15.1 Å². The van der Waals surface area contributed by atoms with Crippen molar-refractivity contribution in [3.8, 4) is 5.75 Å². The molecule has 1 heterocycles. The zero-order valence-electron chi connectivity index (χ0n) is 14.4. The molecule has 2 aromatic rings. The number of fused-ring (bicyclic) bond motifs is 1. The van der Waals surface area contributed by atoms with Crippen molar-refractivity contribution >= 4 is 5.91 Å². The molecule has 3 rings (SSSR count). The average molecular weight is 327 g/mol. The summed E-state index contributed by atoms with van der Waals surface area (Å²) < 4.78 is 7.62. The minimum Gasteiger partial charge on any atom is -0.491 e. The first kappa shape index (κ1) is 16.6. The van der Waals surface area contributed by atoms with Gasteiger partial charge in [-0.25, -0.2) is 0 Å². The van der Waals surface area contributed by atoms with Crippen LogP contribution in [-0.2, 0) is 19.4 Å². The molecular formula is C19H25N3O2. The molecule has 1 amide bonds. The summed E-state index contributed by atoms with van der Waals surface area (Å²) in [6.07, 6.45) is 6.82. The third kappa shape index (κ3) is 3.96. The van der Waals surface area contributed by atoms with E-state index in [1.165, 1.54) is 24.1 Å². The maximum absolute atomic E-state index is 12.2. The summed E-state index contributed by atoms with van der Waals surface area (Å²) >= 11 is 0. The largest absolute Gasteiger partial charge is 0.491 e. The van der Waals surface area contributed by atoms with Crippen molar-refractivity contribution in [2.75, 3.05) is 6.54 Å². The van der Waals surface area contributed by atoms with Crippen LogP contribution in [-0.4, -0.2) is 28.3 Å². The molecule has 1 aliphatic carbocycles. The lowest BCUT2D eigenvalue weighted by Gasteiger charge is -2.14. The molecule has 1 aromatic heterocycles. The molecule has 1 aliphatic rings. The number of hydrogen-bond acceptors (Lipinski definition) is 3.